The number of hydrogen-bond donors (Lipinski definition) is 0. The molecule has 0 unspecified atom stereocenters. The summed E-state index contributed by atoms with van der Waals surface area (Å²) in [4.78, 5) is 0. The largest absolute Gasteiger partial charge is 0.310 e. The molecule has 0 aliphatic heterocycles. The van der Waals surface area contributed by atoms with Crippen molar-refractivity contribution in [1.29, 1.82) is 0 Å². The molecule has 3 nitrogen and oxygen atoms in total. The first kappa shape index (κ1) is 52.7. The fraction of sp³-hybridized carbons (Fsp3) is 0.0222. The van der Waals surface area contributed by atoms with Gasteiger partial charge in [-0.15, -0.1) is 0 Å². The van der Waals surface area contributed by atoms with Crippen LogP contribution in [0.4, 0.5) is 0 Å². The summed E-state index contributed by atoms with van der Waals surface area (Å²) in [5.74, 6) is 0. The van der Waals surface area contributed by atoms with Gasteiger partial charge in [0.1, 0.15) is 0 Å². The van der Waals surface area contributed by atoms with Crippen LogP contribution in [0.5, 0.6) is 0 Å². The Morgan fingerprint density at radius 3 is 1.25 bits per heavy atom. The summed E-state index contributed by atoms with van der Waals surface area (Å²) < 4.78 is 7.33. The first-order valence-electron chi connectivity index (χ1n) is 32.3. The zero-order valence-electron chi connectivity index (χ0n) is 50.9. The van der Waals surface area contributed by atoms with Crippen LogP contribution in [0.15, 0.2) is 322 Å². The van der Waals surface area contributed by atoms with Crippen molar-refractivity contribution in [2.45, 2.75) is 12.8 Å². The maximum absolute atomic E-state index is 3.62. The van der Waals surface area contributed by atoms with E-state index in [2.05, 4.69) is 341 Å². The summed E-state index contributed by atoms with van der Waals surface area (Å²) in [6, 6.07) is 119. The monoisotopic (exact) mass is 1180 g/mol. The average Bonchev–Trinajstić information content (AvgIpc) is 1.72. The molecule has 15 aromatic carbocycles. The van der Waals surface area contributed by atoms with E-state index in [1.165, 1.54) is 159 Å². The zero-order valence-corrected chi connectivity index (χ0v) is 50.9. The number of para-hydroxylation sites is 3. The maximum Gasteiger partial charge on any atom is 0.0542 e. The Hall–Kier alpha value is -12.2. The molecule has 0 N–H and O–H groups in total. The molecule has 0 atom stereocenters. The minimum atomic E-state index is 1.01. The van der Waals surface area contributed by atoms with E-state index in [0.717, 1.165) is 35.2 Å². The van der Waals surface area contributed by atoms with Gasteiger partial charge in [0.2, 0.25) is 0 Å². The summed E-state index contributed by atoms with van der Waals surface area (Å²) in [6.45, 7) is 0. The number of hydrogen-bond acceptors (Lipinski definition) is 0. The van der Waals surface area contributed by atoms with Crippen LogP contribution in [0.3, 0.4) is 0 Å². The lowest BCUT2D eigenvalue weighted by atomic mass is 9.90. The molecule has 0 bridgehead atoms. The van der Waals surface area contributed by atoms with E-state index in [0.29, 0.717) is 0 Å². The number of benzene rings is 14. The molecule has 93 heavy (non-hydrogen) atoms. The molecule has 0 spiro atoms. The molecule has 3 heteroatoms. The third kappa shape index (κ3) is 8.61. The van der Waals surface area contributed by atoms with Crippen LogP contribution in [-0.4, -0.2) is 13.7 Å². The van der Waals surface area contributed by atoms with Gasteiger partial charge < -0.3 is 13.7 Å². The van der Waals surface area contributed by atoms with Gasteiger partial charge >= 0.3 is 0 Å². The highest BCUT2D eigenvalue weighted by atomic mass is 15.0. The highest BCUT2D eigenvalue weighted by Gasteiger charge is 2.21. The van der Waals surface area contributed by atoms with Gasteiger partial charge in [0.15, 0.2) is 0 Å². The molecule has 0 fully saturated rings. The second-order valence-electron chi connectivity index (χ2n) is 24.9. The molecule has 19 rings (SSSR count). The quantitative estimate of drug-likeness (QED) is 0.128. The molecule has 3 heterocycles. The SMILES string of the molecule is c1ccc2c(c#1)c1cc(-c3ccc4c(c3)c3cc(-n5c6ccccc6c6cc(-c7ccc8c(c7)c7ccccc7n8-c7ccccc7)ccc65)ccc3n4C3=CCCC=C3)ccc1c1ccc(-c3cccc(-c4cc(-c5ccccc5)cc(-c5ccccc5)c4)c3)cc21. The van der Waals surface area contributed by atoms with Crippen molar-refractivity contribution in [3.05, 3.63) is 334 Å². The van der Waals surface area contributed by atoms with Crippen LogP contribution in [-0.2, 0) is 0 Å². The lowest BCUT2D eigenvalue weighted by Crippen LogP contribution is -1.98. The third-order valence-corrected chi connectivity index (χ3v) is 19.6. The topological polar surface area (TPSA) is 14.8 Å². The van der Waals surface area contributed by atoms with E-state index >= 15 is 0 Å². The smallest absolute Gasteiger partial charge is 0.0542 e. The highest BCUT2D eigenvalue weighted by molar-refractivity contribution is 6.26. The third-order valence-electron chi connectivity index (χ3n) is 19.6. The van der Waals surface area contributed by atoms with Gasteiger partial charge in [0.25, 0.3) is 0 Å². The molecule has 1 aliphatic carbocycles. The Labute approximate surface area is 538 Å². The number of allylic oxidation sites excluding steroid dienone is 4. The number of aromatic nitrogens is 3. The van der Waals surface area contributed by atoms with Crippen molar-refractivity contribution in [3.63, 3.8) is 0 Å². The van der Waals surface area contributed by atoms with Crippen molar-refractivity contribution in [1.82, 2.24) is 13.7 Å². The minimum absolute atomic E-state index is 1.01. The molecule has 0 saturated carbocycles. The molecule has 3 aromatic heterocycles. The Morgan fingerprint density at radius 2 is 0.656 bits per heavy atom. The lowest BCUT2D eigenvalue weighted by molar-refractivity contribution is 1.02. The normalized spacial score (nSPS) is 12.6. The van der Waals surface area contributed by atoms with Crippen LogP contribution >= 0.6 is 0 Å². The second kappa shape index (κ2) is 21.2. The molecular formula is C90H57N3. The van der Waals surface area contributed by atoms with Gasteiger partial charge in [-0.3, -0.25) is 0 Å². The van der Waals surface area contributed by atoms with Crippen molar-refractivity contribution in [2.75, 3.05) is 0 Å². The van der Waals surface area contributed by atoms with Crippen molar-refractivity contribution in [2.24, 2.45) is 0 Å². The van der Waals surface area contributed by atoms with Gasteiger partial charge in [-0.05, 0) is 240 Å². The lowest BCUT2D eigenvalue weighted by Gasteiger charge is -2.14. The zero-order chi connectivity index (χ0) is 61.1. The Balaban J connectivity index is 0.712. The van der Waals surface area contributed by atoms with Crippen molar-refractivity contribution < 1.29 is 0 Å². The molecule has 1 aliphatic rings. The fourth-order valence-electron chi connectivity index (χ4n) is 15.3. The summed E-state index contributed by atoms with van der Waals surface area (Å²) in [5, 5.41) is 14.4. The van der Waals surface area contributed by atoms with E-state index < -0.39 is 0 Å². The second-order valence-corrected chi connectivity index (χ2v) is 24.9. The number of rotatable bonds is 9. The van der Waals surface area contributed by atoms with Gasteiger partial charge in [-0.1, -0.05) is 200 Å². The molecule has 18 aromatic rings. The first-order chi connectivity index (χ1) is 46.1. The Bertz CT molecular complexity index is 6070. The van der Waals surface area contributed by atoms with E-state index in [1.54, 1.807) is 0 Å². The van der Waals surface area contributed by atoms with Crippen molar-refractivity contribution >= 4 is 103 Å². The predicted molar refractivity (Wildman–Crippen MR) is 394 cm³/mol. The number of fused-ring (bicyclic) bond motifs is 15. The molecule has 0 amide bonds. The van der Waals surface area contributed by atoms with Crippen LogP contribution in [0.25, 0.3) is 182 Å². The summed E-state index contributed by atoms with van der Waals surface area (Å²) >= 11 is 0. The van der Waals surface area contributed by atoms with Gasteiger partial charge in [-0.2, -0.15) is 0 Å². The van der Waals surface area contributed by atoms with E-state index in [9.17, 15) is 0 Å². The maximum atomic E-state index is 3.62. The first-order valence-corrected chi connectivity index (χ1v) is 32.3. The molecule has 0 radical (unpaired) electrons. The van der Waals surface area contributed by atoms with Crippen LogP contribution in [0.1, 0.15) is 12.8 Å². The van der Waals surface area contributed by atoms with Crippen LogP contribution in [0.2, 0.25) is 0 Å². The standard InChI is InChI=1S/C90H57N3/c1-5-20-58(21-6-1)67-49-68(59-22-7-2-8-23-59)51-69(50-67)61-25-19-24-60(48-61)62-36-42-75-76-43-37-63(53-80(76)74-31-14-13-30-73(74)79(75)52-62)66-40-46-89-83(56-66)84-57-72(41-47-90(84)92(89)71-28-11-4-12-29-71)93-86-35-18-16-33-78(86)82-55-65(39-45-88(82)93)64-38-44-87-81(54-64)77-32-15-17-34-85(77)91(87)70-26-9-3-10-27-70/h1-3,5-11,13,15-30,32-57H,4,12H2. The van der Waals surface area contributed by atoms with E-state index in [4.69, 9.17) is 0 Å². The van der Waals surface area contributed by atoms with Gasteiger partial charge in [0, 0.05) is 54.8 Å². The van der Waals surface area contributed by atoms with E-state index in [1.807, 2.05) is 6.07 Å². The fourth-order valence-corrected chi connectivity index (χ4v) is 15.3. The van der Waals surface area contributed by atoms with Crippen LogP contribution in [0, 0.1) is 12.1 Å². The van der Waals surface area contributed by atoms with E-state index in [-0.39, 0.29) is 0 Å². The molecule has 0 saturated heterocycles. The Morgan fingerprint density at radius 1 is 0.237 bits per heavy atom. The molecule has 432 valence electrons. The predicted octanol–water partition coefficient (Wildman–Crippen LogP) is 24.2. The minimum Gasteiger partial charge on any atom is -0.310 e. The Kier molecular flexibility index (Phi) is 12.0. The molecular weight excluding hydrogens is 1120 g/mol. The number of nitrogens with zero attached hydrogens (tertiary/aromatic N) is 3. The van der Waals surface area contributed by atoms with Crippen LogP contribution < -0.4 is 0 Å². The average molecular weight is 1180 g/mol. The van der Waals surface area contributed by atoms with Gasteiger partial charge in [0.05, 0.1) is 33.1 Å². The summed E-state index contributed by atoms with van der Waals surface area (Å²) in [5.41, 5.74) is 24.9. The highest BCUT2D eigenvalue weighted by Crippen LogP contribution is 2.44. The summed E-state index contributed by atoms with van der Waals surface area (Å²) in [7, 11) is 0. The van der Waals surface area contributed by atoms with Crippen molar-refractivity contribution in [3.8, 4) is 78.1 Å². The van der Waals surface area contributed by atoms with Gasteiger partial charge in [-0.25, -0.2) is 0 Å². The summed E-state index contributed by atoms with van der Waals surface area (Å²) in [6.07, 6.45) is 9.07.